The third-order valence-corrected chi connectivity index (χ3v) is 4.14. The van der Waals surface area contributed by atoms with Crippen molar-refractivity contribution in [3.8, 4) is 0 Å². The lowest BCUT2D eigenvalue weighted by atomic mass is 10.0. The average Bonchev–Trinajstić information content (AvgIpc) is 2.67. The molecule has 0 fully saturated rings. The van der Waals surface area contributed by atoms with Gasteiger partial charge in [0.25, 0.3) is 0 Å². The summed E-state index contributed by atoms with van der Waals surface area (Å²) in [6, 6.07) is 4.00. The van der Waals surface area contributed by atoms with Crippen molar-refractivity contribution in [1.29, 1.82) is 0 Å². The third kappa shape index (κ3) is 2.16. The molecule has 4 heteroatoms. The molecule has 3 N–H and O–H groups in total. The molecule has 102 valence electrons. The number of hydrogen-bond acceptors (Lipinski definition) is 3. The largest absolute Gasteiger partial charge is 0.392 e. The zero-order valence-electron chi connectivity index (χ0n) is 11.2. The molecule has 0 radical (unpaired) electrons. The first kappa shape index (κ1) is 12.7. The van der Waals surface area contributed by atoms with E-state index in [1.165, 1.54) is 16.6 Å². The summed E-state index contributed by atoms with van der Waals surface area (Å²) in [7, 11) is 2.15. The summed E-state index contributed by atoms with van der Waals surface area (Å²) in [4.78, 5) is 5.83. The zero-order chi connectivity index (χ0) is 13.4. The zero-order valence-corrected chi connectivity index (χ0v) is 11.2. The first-order valence-corrected chi connectivity index (χ1v) is 6.78. The Kier molecular flexibility index (Phi) is 3.31. The number of aliphatic hydroxyl groups excluding tert-OH is 2. The highest BCUT2D eigenvalue weighted by molar-refractivity contribution is 5.86. The Morgan fingerprint density at radius 1 is 1.11 bits per heavy atom. The summed E-state index contributed by atoms with van der Waals surface area (Å²) < 4.78 is 0. The summed E-state index contributed by atoms with van der Waals surface area (Å²) in [5.41, 5.74) is 5.39. The van der Waals surface area contributed by atoms with Crippen molar-refractivity contribution < 1.29 is 10.2 Å². The van der Waals surface area contributed by atoms with Gasteiger partial charge in [0.05, 0.1) is 13.2 Å². The smallest absolute Gasteiger partial charge is 0.0686 e. The van der Waals surface area contributed by atoms with Crippen LogP contribution in [0.3, 0.4) is 0 Å². The molecule has 0 amide bonds. The Balaban J connectivity index is 2.15. The fourth-order valence-electron chi connectivity index (χ4n) is 2.95. The van der Waals surface area contributed by atoms with Crippen molar-refractivity contribution in [3.63, 3.8) is 0 Å². The highest BCUT2D eigenvalue weighted by Gasteiger charge is 2.17. The van der Waals surface area contributed by atoms with E-state index in [0.29, 0.717) is 0 Å². The Bertz CT molecular complexity index is 604. The van der Waals surface area contributed by atoms with Crippen LogP contribution >= 0.6 is 0 Å². The minimum atomic E-state index is -0.0295. The second-order valence-electron chi connectivity index (χ2n) is 5.37. The SMILES string of the molecule is CN1CCc2[nH]c3cc(CO)c(CO)cc3c2CC1. The Labute approximate surface area is 112 Å². The number of benzene rings is 1. The van der Waals surface area contributed by atoms with E-state index in [9.17, 15) is 10.2 Å². The van der Waals surface area contributed by atoms with Crippen molar-refractivity contribution in [1.82, 2.24) is 9.88 Å². The number of rotatable bonds is 2. The van der Waals surface area contributed by atoms with E-state index < -0.39 is 0 Å². The van der Waals surface area contributed by atoms with Crippen LogP contribution in [0.5, 0.6) is 0 Å². The Hall–Kier alpha value is -1.36. The van der Waals surface area contributed by atoms with Gasteiger partial charge in [-0.05, 0) is 42.3 Å². The second-order valence-corrected chi connectivity index (χ2v) is 5.37. The molecule has 2 aromatic rings. The predicted octanol–water partition coefficient (Wildman–Crippen LogP) is 1.18. The summed E-state index contributed by atoms with van der Waals surface area (Å²) in [6.45, 7) is 2.08. The van der Waals surface area contributed by atoms with Crippen molar-refractivity contribution in [2.45, 2.75) is 26.1 Å². The summed E-state index contributed by atoms with van der Waals surface area (Å²) in [6.07, 6.45) is 2.07. The lowest BCUT2D eigenvalue weighted by molar-refractivity contribution is 0.260. The van der Waals surface area contributed by atoms with Gasteiger partial charge in [-0.2, -0.15) is 0 Å². The van der Waals surface area contributed by atoms with Crippen LogP contribution in [0.1, 0.15) is 22.4 Å². The highest BCUT2D eigenvalue weighted by Crippen LogP contribution is 2.28. The number of fused-ring (bicyclic) bond motifs is 3. The number of likely N-dealkylation sites (N-methyl/N-ethyl adjacent to an activating group) is 1. The minimum absolute atomic E-state index is 0.0221. The maximum atomic E-state index is 9.42. The summed E-state index contributed by atoms with van der Waals surface area (Å²) in [5.74, 6) is 0. The van der Waals surface area contributed by atoms with E-state index in [-0.39, 0.29) is 13.2 Å². The van der Waals surface area contributed by atoms with Gasteiger partial charge in [0.2, 0.25) is 0 Å². The van der Waals surface area contributed by atoms with Crippen molar-refractivity contribution >= 4 is 10.9 Å². The van der Waals surface area contributed by atoms with Gasteiger partial charge >= 0.3 is 0 Å². The second kappa shape index (κ2) is 4.96. The highest BCUT2D eigenvalue weighted by atomic mass is 16.3. The fourth-order valence-corrected chi connectivity index (χ4v) is 2.95. The number of nitrogens with zero attached hydrogens (tertiary/aromatic N) is 1. The van der Waals surface area contributed by atoms with Crippen LogP contribution < -0.4 is 0 Å². The fraction of sp³-hybridized carbons (Fsp3) is 0.467. The molecule has 0 atom stereocenters. The van der Waals surface area contributed by atoms with Gasteiger partial charge < -0.3 is 20.1 Å². The molecule has 0 spiro atoms. The van der Waals surface area contributed by atoms with Gasteiger partial charge in [0, 0.05) is 36.1 Å². The van der Waals surface area contributed by atoms with Crippen LogP contribution in [-0.2, 0) is 26.1 Å². The molecular weight excluding hydrogens is 240 g/mol. The molecule has 0 aliphatic carbocycles. The van der Waals surface area contributed by atoms with Gasteiger partial charge in [-0.3, -0.25) is 0 Å². The van der Waals surface area contributed by atoms with Crippen molar-refractivity contribution in [3.05, 3.63) is 34.5 Å². The summed E-state index contributed by atoms with van der Waals surface area (Å²) >= 11 is 0. The molecule has 1 aromatic heterocycles. The molecule has 0 saturated heterocycles. The first-order chi connectivity index (χ1) is 9.22. The number of aliphatic hydroxyl groups is 2. The molecule has 3 rings (SSSR count). The number of aromatic nitrogens is 1. The topological polar surface area (TPSA) is 59.5 Å². The molecule has 4 nitrogen and oxygen atoms in total. The van der Waals surface area contributed by atoms with Crippen LogP contribution in [0, 0.1) is 0 Å². The van der Waals surface area contributed by atoms with Crippen LogP contribution in [0.25, 0.3) is 10.9 Å². The van der Waals surface area contributed by atoms with E-state index in [4.69, 9.17) is 0 Å². The normalized spacial score (nSPS) is 16.6. The van der Waals surface area contributed by atoms with Crippen LogP contribution in [0.15, 0.2) is 12.1 Å². The Morgan fingerprint density at radius 2 is 1.79 bits per heavy atom. The number of aromatic amines is 1. The molecule has 2 heterocycles. The lowest BCUT2D eigenvalue weighted by Gasteiger charge is -2.11. The van der Waals surface area contributed by atoms with Crippen molar-refractivity contribution in [2.24, 2.45) is 0 Å². The van der Waals surface area contributed by atoms with Crippen LogP contribution in [-0.4, -0.2) is 40.2 Å². The van der Waals surface area contributed by atoms with E-state index in [1.54, 1.807) is 0 Å². The molecule has 1 aromatic carbocycles. The molecule has 1 aliphatic heterocycles. The number of nitrogens with one attached hydrogen (secondary N) is 1. The number of H-pyrrole nitrogens is 1. The molecule has 19 heavy (non-hydrogen) atoms. The monoisotopic (exact) mass is 260 g/mol. The van der Waals surface area contributed by atoms with E-state index in [0.717, 1.165) is 42.6 Å². The van der Waals surface area contributed by atoms with Gasteiger partial charge in [0.1, 0.15) is 0 Å². The van der Waals surface area contributed by atoms with Crippen LogP contribution in [0.4, 0.5) is 0 Å². The standard InChI is InChI=1S/C15H20N2O2/c1-17-4-2-12-13-6-10(8-18)11(9-19)7-15(13)16-14(12)3-5-17/h6-7,16,18-19H,2-5,8-9H2,1H3. The maximum Gasteiger partial charge on any atom is 0.0686 e. The average molecular weight is 260 g/mol. The molecule has 0 unspecified atom stereocenters. The minimum Gasteiger partial charge on any atom is -0.392 e. The van der Waals surface area contributed by atoms with E-state index >= 15 is 0 Å². The van der Waals surface area contributed by atoms with Gasteiger partial charge in [0.15, 0.2) is 0 Å². The lowest BCUT2D eigenvalue weighted by Crippen LogP contribution is -2.21. The van der Waals surface area contributed by atoms with E-state index in [1.807, 2.05) is 12.1 Å². The molecule has 0 bridgehead atoms. The molecule has 0 saturated carbocycles. The third-order valence-electron chi connectivity index (χ3n) is 4.14. The van der Waals surface area contributed by atoms with E-state index in [2.05, 4.69) is 16.9 Å². The van der Waals surface area contributed by atoms with Crippen LogP contribution in [0.2, 0.25) is 0 Å². The molecule has 1 aliphatic rings. The maximum absolute atomic E-state index is 9.42. The van der Waals surface area contributed by atoms with Crippen molar-refractivity contribution in [2.75, 3.05) is 20.1 Å². The molecular formula is C15H20N2O2. The van der Waals surface area contributed by atoms with Gasteiger partial charge in [-0.25, -0.2) is 0 Å². The van der Waals surface area contributed by atoms with Gasteiger partial charge in [-0.15, -0.1) is 0 Å². The quantitative estimate of drug-likeness (QED) is 0.760. The Morgan fingerprint density at radius 3 is 2.53 bits per heavy atom. The number of hydrogen-bond donors (Lipinski definition) is 3. The summed E-state index contributed by atoms with van der Waals surface area (Å²) in [5, 5.41) is 20.0. The van der Waals surface area contributed by atoms with Gasteiger partial charge in [-0.1, -0.05) is 0 Å². The predicted molar refractivity (Wildman–Crippen MR) is 75.0 cm³/mol. The first-order valence-electron chi connectivity index (χ1n) is 6.78.